The molecule has 1 fully saturated rings. The van der Waals surface area contributed by atoms with Gasteiger partial charge in [-0.1, -0.05) is 0 Å². The van der Waals surface area contributed by atoms with E-state index in [4.69, 9.17) is 0 Å². The van der Waals surface area contributed by atoms with Gasteiger partial charge in [0, 0.05) is 12.0 Å². The SMILES string of the molecule is CC1CCCC(N(O)C(C)(C)C)[NH+]1[O-]. The third-order valence-electron chi connectivity index (χ3n) is 2.91. The van der Waals surface area contributed by atoms with E-state index in [2.05, 4.69) is 0 Å². The van der Waals surface area contributed by atoms with Gasteiger partial charge in [-0.05, 0) is 40.5 Å². The summed E-state index contributed by atoms with van der Waals surface area (Å²) in [5.74, 6) is 0. The fourth-order valence-electron chi connectivity index (χ4n) is 1.94. The van der Waals surface area contributed by atoms with E-state index in [-0.39, 0.29) is 22.8 Å². The van der Waals surface area contributed by atoms with Gasteiger partial charge in [-0.15, -0.1) is 5.06 Å². The Balaban J connectivity index is 2.67. The molecule has 4 heteroatoms. The Morgan fingerprint density at radius 3 is 2.43 bits per heavy atom. The minimum absolute atomic E-state index is 0.103. The standard InChI is InChI=1S/C10H22N2O2/c1-8-6-5-7-9(11(8)13)12(14)10(2,3)4/h8-9,11,14H,5-7H2,1-4H3. The van der Waals surface area contributed by atoms with Crippen molar-refractivity contribution in [2.45, 2.75) is 64.7 Å². The summed E-state index contributed by atoms with van der Waals surface area (Å²) in [5, 5.41) is 23.1. The first-order chi connectivity index (χ1) is 6.34. The zero-order chi connectivity index (χ0) is 10.9. The molecule has 0 bridgehead atoms. The first kappa shape index (κ1) is 11.9. The number of hydroxylamine groups is 4. The summed E-state index contributed by atoms with van der Waals surface area (Å²) in [5.41, 5.74) is -0.350. The van der Waals surface area contributed by atoms with Crippen molar-refractivity contribution in [3.8, 4) is 0 Å². The Morgan fingerprint density at radius 1 is 1.36 bits per heavy atom. The van der Waals surface area contributed by atoms with E-state index >= 15 is 0 Å². The van der Waals surface area contributed by atoms with Crippen molar-refractivity contribution in [1.29, 1.82) is 0 Å². The van der Waals surface area contributed by atoms with Gasteiger partial charge in [-0.25, -0.2) is 0 Å². The number of quaternary nitrogens is 1. The van der Waals surface area contributed by atoms with Crippen molar-refractivity contribution in [1.82, 2.24) is 5.06 Å². The molecule has 3 unspecified atom stereocenters. The highest BCUT2D eigenvalue weighted by Gasteiger charge is 2.35. The molecule has 3 atom stereocenters. The average molecular weight is 202 g/mol. The molecule has 1 rings (SSSR count). The molecule has 1 saturated heterocycles. The van der Waals surface area contributed by atoms with E-state index in [1.807, 2.05) is 27.7 Å². The van der Waals surface area contributed by atoms with E-state index in [1.165, 1.54) is 5.06 Å². The van der Waals surface area contributed by atoms with Crippen molar-refractivity contribution >= 4 is 0 Å². The van der Waals surface area contributed by atoms with Crippen LogP contribution in [0.25, 0.3) is 0 Å². The monoisotopic (exact) mass is 202 g/mol. The normalized spacial score (nSPS) is 34.9. The lowest BCUT2D eigenvalue weighted by atomic mass is 10.0. The molecule has 0 aliphatic carbocycles. The van der Waals surface area contributed by atoms with Gasteiger partial charge in [0.1, 0.15) is 0 Å². The summed E-state index contributed by atoms with van der Waals surface area (Å²) in [6, 6.07) is 0.103. The van der Waals surface area contributed by atoms with Crippen molar-refractivity contribution in [2.75, 3.05) is 0 Å². The van der Waals surface area contributed by atoms with Crippen LogP contribution in [-0.4, -0.2) is 28.0 Å². The summed E-state index contributed by atoms with van der Waals surface area (Å²) in [6.45, 7) is 7.70. The Kier molecular flexibility index (Phi) is 3.53. The molecule has 0 saturated carbocycles. The van der Waals surface area contributed by atoms with E-state index in [9.17, 15) is 10.4 Å². The fraction of sp³-hybridized carbons (Fsp3) is 1.00. The van der Waals surface area contributed by atoms with Gasteiger partial charge in [-0.2, -0.15) is 0 Å². The summed E-state index contributed by atoms with van der Waals surface area (Å²) in [7, 11) is 0. The number of hydrogen-bond donors (Lipinski definition) is 2. The van der Waals surface area contributed by atoms with Crippen molar-refractivity contribution in [3.63, 3.8) is 0 Å². The second-order valence-electron chi connectivity index (χ2n) is 5.27. The smallest absolute Gasteiger partial charge is 0.166 e. The van der Waals surface area contributed by atoms with Crippen LogP contribution in [0.1, 0.15) is 47.0 Å². The number of nitrogens with zero attached hydrogens (tertiary/aromatic N) is 1. The zero-order valence-electron chi connectivity index (χ0n) is 9.58. The van der Waals surface area contributed by atoms with E-state index in [1.54, 1.807) is 0 Å². The van der Waals surface area contributed by atoms with Crippen molar-refractivity contribution < 1.29 is 10.3 Å². The van der Waals surface area contributed by atoms with Gasteiger partial charge in [0.15, 0.2) is 6.17 Å². The van der Waals surface area contributed by atoms with Crippen LogP contribution in [0, 0.1) is 5.21 Å². The Hall–Kier alpha value is -0.160. The highest BCUT2D eigenvalue weighted by atomic mass is 16.6. The number of rotatable bonds is 1. The van der Waals surface area contributed by atoms with Crippen LogP contribution in [0.2, 0.25) is 0 Å². The minimum atomic E-state index is -0.350. The molecule has 0 radical (unpaired) electrons. The molecule has 1 heterocycles. The maximum absolute atomic E-state index is 11.8. The summed E-state index contributed by atoms with van der Waals surface area (Å²) >= 11 is 0. The third kappa shape index (κ3) is 2.45. The topological polar surface area (TPSA) is 51.0 Å². The highest BCUT2D eigenvalue weighted by molar-refractivity contribution is 4.74. The molecular formula is C10H22N2O2. The van der Waals surface area contributed by atoms with Crippen molar-refractivity contribution in [3.05, 3.63) is 5.21 Å². The van der Waals surface area contributed by atoms with Gasteiger partial charge in [0.05, 0.1) is 6.04 Å². The molecule has 4 nitrogen and oxygen atoms in total. The largest absolute Gasteiger partial charge is 0.633 e. The number of hydrogen-bond acceptors (Lipinski definition) is 3. The van der Waals surface area contributed by atoms with Crippen LogP contribution in [0.15, 0.2) is 0 Å². The van der Waals surface area contributed by atoms with E-state index < -0.39 is 0 Å². The lowest BCUT2D eigenvalue weighted by Crippen LogP contribution is -3.17. The van der Waals surface area contributed by atoms with Gasteiger partial charge in [-0.3, -0.25) is 0 Å². The van der Waals surface area contributed by atoms with E-state index in [0.29, 0.717) is 0 Å². The van der Waals surface area contributed by atoms with Crippen LogP contribution in [0.3, 0.4) is 0 Å². The van der Waals surface area contributed by atoms with Crippen LogP contribution in [0.4, 0.5) is 0 Å². The van der Waals surface area contributed by atoms with Crippen molar-refractivity contribution in [2.24, 2.45) is 0 Å². The second kappa shape index (κ2) is 4.14. The van der Waals surface area contributed by atoms with Gasteiger partial charge >= 0.3 is 0 Å². The Labute approximate surface area is 86.0 Å². The third-order valence-corrected chi connectivity index (χ3v) is 2.91. The molecule has 1 aliphatic rings. The quantitative estimate of drug-likeness (QED) is 0.487. The maximum atomic E-state index is 11.8. The molecule has 0 aromatic carbocycles. The zero-order valence-corrected chi connectivity index (χ0v) is 9.58. The molecule has 84 valence electrons. The lowest BCUT2D eigenvalue weighted by molar-refractivity contribution is -0.926. The van der Waals surface area contributed by atoms with Crippen LogP contribution in [-0.2, 0) is 0 Å². The molecule has 1 aliphatic heterocycles. The molecule has 0 aromatic heterocycles. The van der Waals surface area contributed by atoms with Crippen LogP contribution < -0.4 is 5.06 Å². The first-order valence-corrected chi connectivity index (χ1v) is 5.36. The minimum Gasteiger partial charge on any atom is -0.633 e. The second-order valence-corrected chi connectivity index (χ2v) is 5.27. The molecular weight excluding hydrogens is 180 g/mol. The number of piperidine rings is 1. The van der Waals surface area contributed by atoms with Crippen LogP contribution in [0.5, 0.6) is 0 Å². The molecule has 0 spiro atoms. The summed E-state index contributed by atoms with van der Waals surface area (Å²) in [6.07, 6.45) is 2.49. The molecule has 14 heavy (non-hydrogen) atoms. The van der Waals surface area contributed by atoms with E-state index in [0.717, 1.165) is 19.3 Å². The van der Waals surface area contributed by atoms with Gasteiger partial charge in [0.25, 0.3) is 0 Å². The Bertz CT molecular complexity index is 191. The summed E-state index contributed by atoms with van der Waals surface area (Å²) < 4.78 is 0. The van der Waals surface area contributed by atoms with Gasteiger partial charge in [0.2, 0.25) is 0 Å². The highest BCUT2D eigenvalue weighted by Crippen LogP contribution is 2.17. The number of nitrogens with one attached hydrogen (secondary N) is 1. The molecule has 0 aromatic rings. The fourth-order valence-corrected chi connectivity index (χ4v) is 1.94. The average Bonchev–Trinajstić information content (AvgIpc) is 2.07. The lowest BCUT2D eigenvalue weighted by Gasteiger charge is -2.46. The Morgan fingerprint density at radius 2 is 1.93 bits per heavy atom. The molecule has 0 amide bonds. The predicted octanol–water partition coefficient (Wildman–Crippen LogP) is 0.757. The predicted molar refractivity (Wildman–Crippen MR) is 54.8 cm³/mol. The van der Waals surface area contributed by atoms with Crippen LogP contribution >= 0.6 is 0 Å². The molecule has 2 N–H and O–H groups in total. The maximum Gasteiger partial charge on any atom is 0.166 e. The summed E-state index contributed by atoms with van der Waals surface area (Å²) in [4.78, 5) is 0. The van der Waals surface area contributed by atoms with Gasteiger partial charge < -0.3 is 15.5 Å². The first-order valence-electron chi connectivity index (χ1n) is 5.36.